The van der Waals surface area contributed by atoms with E-state index in [4.69, 9.17) is 0 Å². The van der Waals surface area contributed by atoms with Crippen LogP contribution in [0, 0.1) is 0 Å². The van der Waals surface area contributed by atoms with Gasteiger partial charge in [-0.15, -0.1) is 0 Å². The van der Waals surface area contributed by atoms with E-state index in [9.17, 15) is 4.39 Å². The molecule has 0 aliphatic heterocycles. The Bertz CT molecular complexity index is 800. The molecule has 1 heterocycles. The number of hydrogen-bond acceptors (Lipinski definition) is 1. The average molecular weight is 293 g/mol. The Morgan fingerprint density at radius 1 is 0.955 bits per heavy atom. The van der Waals surface area contributed by atoms with Crippen molar-refractivity contribution in [2.45, 2.75) is 32.4 Å². The van der Waals surface area contributed by atoms with Crippen molar-refractivity contribution in [3.05, 3.63) is 66.4 Å². The van der Waals surface area contributed by atoms with E-state index in [-0.39, 0.29) is 0 Å². The summed E-state index contributed by atoms with van der Waals surface area (Å²) in [4.78, 5) is 4.59. The SMILES string of the molecule is C[C@@H](F)C(C)(C)c1ccccc1-c1nccc2ccccc12. The van der Waals surface area contributed by atoms with Gasteiger partial charge in [0.2, 0.25) is 0 Å². The first kappa shape index (κ1) is 14.7. The fourth-order valence-electron chi connectivity index (χ4n) is 2.80. The summed E-state index contributed by atoms with van der Waals surface area (Å²) >= 11 is 0. The predicted molar refractivity (Wildman–Crippen MR) is 90.8 cm³/mol. The number of pyridine rings is 1. The Balaban J connectivity index is 2.29. The first-order valence-corrected chi connectivity index (χ1v) is 7.59. The summed E-state index contributed by atoms with van der Waals surface area (Å²) in [6.07, 6.45) is 0.879. The van der Waals surface area contributed by atoms with Crippen molar-refractivity contribution in [1.82, 2.24) is 4.98 Å². The largest absolute Gasteiger partial charge is 0.256 e. The third kappa shape index (κ3) is 2.39. The van der Waals surface area contributed by atoms with Crippen LogP contribution in [0.15, 0.2) is 60.8 Å². The van der Waals surface area contributed by atoms with Gasteiger partial charge >= 0.3 is 0 Å². The monoisotopic (exact) mass is 293 g/mol. The second kappa shape index (κ2) is 5.53. The van der Waals surface area contributed by atoms with Crippen molar-refractivity contribution >= 4 is 10.8 Å². The quantitative estimate of drug-likeness (QED) is 0.618. The van der Waals surface area contributed by atoms with Crippen LogP contribution >= 0.6 is 0 Å². The number of rotatable bonds is 3. The Morgan fingerprint density at radius 3 is 2.41 bits per heavy atom. The molecule has 0 fully saturated rings. The van der Waals surface area contributed by atoms with E-state index in [1.54, 1.807) is 6.92 Å². The highest BCUT2D eigenvalue weighted by atomic mass is 19.1. The summed E-state index contributed by atoms with van der Waals surface area (Å²) in [5, 5.41) is 2.24. The number of hydrogen-bond donors (Lipinski definition) is 0. The molecular formula is C20H20FN. The summed E-state index contributed by atoms with van der Waals surface area (Å²) in [6.45, 7) is 5.51. The van der Waals surface area contributed by atoms with Gasteiger partial charge in [-0.2, -0.15) is 0 Å². The Hall–Kier alpha value is -2.22. The van der Waals surface area contributed by atoms with Gasteiger partial charge in [-0.3, -0.25) is 4.98 Å². The van der Waals surface area contributed by atoms with Crippen LogP contribution < -0.4 is 0 Å². The van der Waals surface area contributed by atoms with E-state index >= 15 is 0 Å². The van der Waals surface area contributed by atoms with Gasteiger partial charge in [0.05, 0.1) is 5.69 Å². The fourth-order valence-corrected chi connectivity index (χ4v) is 2.80. The van der Waals surface area contributed by atoms with Crippen molar-refractivity contribution in [3.8, 4) is 11.3 Å². The number of halogens is 1. The van der Waals surface area contributed by atoms with Gasteiger partial charge in [0.15, 0.2) is 0 Å². The van der Waals surface area contributed by atoms with Crippen molar-refractivity contribution in [1.29, 1.82) is 0 Å². The zero-order chi connectivity index (χ0) is 15.7. The molecule has 0 N–H and O–H groups in total. The minimum atomic E-state index is -0.941. The highest BCUT2D eigenvalue weighted by Gasteiger charge is 2.30. The molecule has 22 heavy (non-hydrogen) atoms. The normalized spacial score (nSPS) is 13.3. The zero-order valence-corrected chi connectivity index (χ0v) is 13.2. The van der Waals surface area contributed by atoms with Crippen molar-refractivity contribution in [2.75, 3.05) is 0 Å². The predicted octanol–water partition coefficient (Wildman–Crippen LogP) is 5.54. The average Bonchev–Trinajstić information content (AvgIpc) is 2.54. The minimum Gasteiger partial charge on any atom is -0.256 e. The van der Waals surface area contributed by atoms with E-state index in [1.807, 2.05) is 62.5 Å². The molecular weight excluding hydrogens is 273 g/mol. The van der Waals surface area contributed by atoms with Gasteiger partial charge in [0, 0.05) is 22.6 Å². The maximum absolute atomic E-state index is 14.2. The van der Waals surface area contributed by atoms with Gasteiger partial charge in [0.1, 0.15) is 6.17 Å². The topological polar surface area (TPSA) is 12.9 Å². The van der Waals surface area contributed by atoms with E-state index in [1.165, 1.54) is 0 Å². The lowest BCUT2D eigenvalue weighted by Gasteiger charge is -2.29. The molecule has 1 nitrogen and oxygen atoms in total. The fraction of sp³-hybridized carbons (Fsp3) is 0.250. The molecule has 0 unspecified atom stereocenters. The standard InChI is InChI=1S/C20H20FN/c1-14(21)20(2,3)18-11-7-6-10-17(18)19-16-9-5-4-8-15(16)12-13-22-19/h4-14H,1-3H3/t14-/m1/s1. The highest BCUT2D eigenvalue weighted by Crippen LogP contribution is 2.37. The van der Waals surface area contributed by atoms with Gasteiger partial charge in [0.25, 0.3) is 0 Å². The van der Waals surface area contributed by atoms with Crippen LogP contribution in [-0.2, 0) is 5.41 Å². The highest BCUT2D eigenvalue weighted by molar-refractivity contribution is 5.95. The molecule has 3 aromatic rings. The first-order chi connectivity index (χ1) is 10.5. The van der Waals surface area contributed by atoms with Crippen LogP contribution in [-0.4, -0.2) is 11.2 Å². The molecule has 112 valence electrons. The molecule has 0 bridgehead atoms. The third-order valence-corrected chi connectivity index (χ3v) is 4.54. The maximum Gasteiger partial charge on any atom is 0.106 e. The lowest BCUT2D eigenvalue weighted by Crippen LogP contribution is -2.28. The Labute approximate surface area is 130 Å². The van der Waals surface area contributed by atoms with Crippen LogP contribution in [0.2, 0.25) is 0 Å². The summed E-state index contributed by atoms with van der Waals surface area (Å²) in [5.74, 6) is 0. The number of alkyl halides is 1. The Morgan fingerprint density at radius 2 is 1.64 bits per heavy atom. The smallest absolute Gasteiger partial charge is 0.106 e. The maximum atomic E-state index is 14.2. The van der Waals surface area contributed by atoms with Gasteiger partial charge in [-0.1, -0.05) is 62.4 Å². The number of aromatic nitrogens is 1. The van der Waals surface area contributed by atoms with Crippen molar-refractivity contribution in [2.24, 2.45) is 0 Å². The second-order valence-electron chi connectivity index (χ2n) is 6.26. The number of nitrogens with zero attached hydrogens (tertiary/aromatic N) is 1. The van der Waals surface area contributed by atoms with E-state index < -0.39 is 11.6 Å². The summed E-state index contributed by atoms with van der Waals surface area (Å²) < 4.78 is 14.2. The molecule has 0 radical (unpaired) electrons. The molecule has 1 aromatic heterocycles. The zero-order valence-electron chi connectivity index (χ0n) is 13.2. The molecule has 2 heteroatoms. The van der Waals surface area contributed by atoms with E-state index in [0.717, 1.165) is 27.6 Å². The van der Waals surface area contributed by atoms with Crippen LogP contribution in [0.1, 0.15) is 26.3 Å². The summed E-state index contributed by atoms with van der Waals surface area (Å²) in [6, 6.07) is 18.2. The molecule has 0 amide bonds. The van der Waals surface area contributed by atoms with Crippen molar-refractivity contribution < 1.29 is 4.39 Å². The molecule has 0 aliphatic rings. The van der Waals surface area contributed by atoms with Crippen LogP contribution in [0.3, 0.4) is 0 Å². The lowest BCUT2D eigenvalue weighted by atomic mass is 9.77. The first-order valence-electron chi connectivity index (χ1n) is 7.59. The lowest BCUT2D eigenvalue weighted by molar-refractivity contribution is 0.237. The number of benzene rings is 2. The van der Waals surface area contributed by atoms with E-state index in [2.05, 4.69) is 17.1 Å². The van der Waals surface area contributed by atoms with Crippen LogP contribution in [0.25, 0.3) is 22.0 Å². The second-order valence-corrected chi connectivity index (χ2v) is 6.26. The van der Waals surface area contributed by atoms with Crippen molar-refractivity contribution in [3.63, 3.8) is 0 Å². The molecule has 2 aromatic carbocycles. The molecule has 0 saturated carbocycles. The van der Waals surface area contributed by atoms with Gasteiger partial charge < -0.3 is 0 Å². The van der Waals surface area contributed by atoms with Crippen LogP contribution in [0.5, 0.6) is 0 Å². The molecule has 1 atom stereocenters. The van der Waals surface area contributed by atoms with Gasteiger partial charge in [-0.05, 0) is 23.9 Å². The van der Waals surface area contributed by atoms with Crippen LogP contribution in [0.4, 0.5) is 4.39 Å². The summed E-state index contributed by atoms with van der Waals surface area (Å²) in [5.41, 5.74) is 2.36. The molecule has 0 saturated heterocycles. The minimum absolute atomic E-state index is 0.560. The Kier molecular flexibility index (Phi) is 3.69. The summed E-state index contributed by atoms with van der Waals surface area (Å²) in [7, 11) is 0. The molecule has 3 rings (SSSR count). The molecule has 0 spiro atoms. The number of fused-ring (bicyclic) bond motifs is 1. The van der Waals surface area contributed by atoms with E-state index in [0.29, 0.717) is 0 Å². The third-order valence-electron chi connectivity index (χ3n) is 4.54. The molecule has 0 aliphatic carbocycles. The van der Waals surface area contributed by atoms with Gasteiger partial charge in [-0.25, -0.2) is 4.39 Å².